The second-order valence-corrected chi connectivity index (χ2v) is 7.39. The van der Waals surface area contributed by atoms with E-state index in [9.17, 15) is 8.42 Å². The third-order valence-corrected chi connectivity index (χ3v) is 5.38. The van der Waals surface area contributed by atoms with Gasteiger partial charge in [0.2, 0.25) is 10.0 Å². The van der Waals surface area contributed by atoms with Crippen molar-refractivity contribution < 1.29 is 17.6 Å². The Kier molecular flexibility index (Phi) is 5.30. The minimum atomic E-state index is -3.51. The van der Waals surface area contributed by atoms with E-state index in [2.05, 4.69) is 14.6 Å². The maximum Gasteiger partial charge on any atom is 0.240 e. The molecule has 1 aromatic heterocycles. The van der Waals surface area contributed by atoms with E-state index < -0.39 is 10.0 Å². The van der Waals surface area contributed by atoms with Crippen molar-refractivity contribution in [1.29, 1.82) is 0 Å². The molecule has 1 aromatic carbocycles. The van der Waals surface area contributed by atoms with E-state index in [4.69, 9.17) is 9.15 Å². The second kappa shape index (κ2) is 7.43. The number of aromatic nitrogens is 1. The van der Waals surface area contributed by atoms with Gasteiger partial charge in [-0.2, -0.15) is 0 Å². The lowest BCUT2D eigenvalue weighted by Gasteiger charge is -2.26. The van der Waals surface area contributed by atoms with Gasteiger partial charge in [-0.3, -0.25) is 4.90 Å². The first-order valence-corrected chi connectivity index (χ1v) is 9.35. The summed E-state index contributed by atoms with van der Waals surface area (Å²) in [5.41, 5.74) is 1.51. The Morgan fingerprint density at radius 1 is 1.21 bits per heavy atom. The number of ether oxygens (including phenoxy) is 1. The third-order valence-electron chi connectivity index (χ3n) is 3.90. The molecule has 3 rings (SSSR count). The Bertz CT molecular complexity index is 765. The second-order valence-electron chi connectivity index (χ2n) is 5.63. The number of morpholine rings is 1. The van der Waals surface area contributed by atoms with Crippen molar-refractivity contribution in [3.05, 3.63) is 36.4 Å². The minimum absolute atomic E-state index is 0.244. The van der Waals surface area contributed by atoms with Crippen LogP contribution in [0.2, 0.25) is 0 Å². The summed E-state index contributed by atoms with van der Waals surface area (Å²) >= 11 is 0. The van der Waals surface area contributed by atoms with Crippen LogP contribution in [0.3, 0.4) is 0 Å². The highest BCUT2D eigenvalue weighted by Crippen LogP contribution is 2.20. The number of nitrogens with one attached hydrogen (secondary N) is 1. The van der Waals surface area contributed by atoms with Crippen LogP contribution < -0.4 is 4.72 Å². The molecular formula is C16H21N3O4S. The van der Waals surface area contributed by atoms with Gasteiger partial charge < -0.3 is 9.15 Å². The number of aryl methyl sites for hydroxylation is 1. The molecule has 0 atom stereocenters. The van der Waals surface area contributed by atoms with Gasteiger partial charge >= 0.3 is 0 Å². The van der Waals surface area contributed by atoms with Crippen LogP contribution in [0.1, 0.15) is 5.89 Å². The largest absolute Gasteiger partial charge is 0.449 e. The predicted octanol–water partition coefficient (Wildman–Crippen LogP) is 1.26. The molecule has 1 N–H and O–H groups in total. The zero-order valence-corrected chi connectivity index (χ0v) is 14.4. The van der Waals surface area contributed by atoms with Gasteiger partial charge in [0.05, 0.1) is 18.1 Å². The molecule has 7 nitrogen and oxygen atoms in total. The fourth-order valence-electron chi connectivity index (χ4n) is 2.55. The monoisotopic (exact) mass is 351 g/mol. The number of oxazole rings is 1. The molecule has 0 amide bonds. The summed E-state index contributed by atoms with van der Waals surface area (Å²) in [5, 5.41) is 0. The van der Waals surface area contributed by atoms with Gasteiger partial charge in [-0.25, -0.2) is 18.1 Å². The molecule has 130 valence electrons. The molecule has 24 heavy (non-hydrogen) atoms. The lowest BCUT2D eigenvalue weighted by atomic mass is 10.2. The van der Waals surface area contributed by atoms with Crippen LogP contribution in [0, 0.1) is 6.92 Å². The highest BCUT2D eigenvalue weighted by molar-refractivity contribution is 7.89. The van der Waals surface area contributed by atoms with E-state index in [1.54, 1.807) is 37.5 Å². The van der Waals surface area contributed by atoms with Crippen LogP contribution in [-0.2, 0) is 14.8 Å². The van der Waals surface area contributed by atoms with Crippen molar-refractivity contribution in [1.82, 2.24) is 14.6 Å². The maximum absolute atomic E-state index is 12.3. The van der Waals surface area contributed by atoms with E-state index >= 15 is 0 Å². The lowest BCUT2D eigenvalue weighted by Crippen LogP contribution is -2.41. The van der Waals surface area contributed by atoms with E-state index in [-0.39, 0.29) is 4.90 Å². The molecule has 1 fully saturated rings. The Morgan fingerprint density at radius 2 is 1.92 bits per heavy atom. The summed E-state index contributed by atoms with van der Waals surface area (Å²) in [5.74, 6) is 0.575. The third kappa shape index (κ3) is 4.21. The van der Waals surface area contributed by atoms with Crippen molar-refractivity contribution in [3.63, 3.8) is 0 Å². The average Bonchev–Trinajstić information content (AvgIpc) is 3.02. The van der Waals surface area contributed by atoms with Crippen molar-refractivity contribution in [2.75, 3.05) is 39.4 Å². The van der Waals surface area contributed by atoms with E-state index in [1.807, 2.05) is 0 Å². The van der Waals surface area contributed by atoms with E-state index in [0.29, 0.717) is 37.9 Å². The van der Waals surface area contributed by atoms with Gasteiger partial charge in [-0.15, -0.1) is 0 Å². The number of benzene rings is 1. The van der Waals surface area contributed by atoms with Gasteiger partial charge in [0.25, 0.3) is 0 Å². The number of sulfonamides is 1. The molecule has 1 saturated heterocycles. The van der Waals surface area contributed by atoms with Crippen LogP contribution in [0.5, 0.6) is 0 Å². The summed E-state index contributed by atoms with van der Waals surface area (Å²) in [4.78, 5) is 6.65. The molecule has 1 aliphatic heterocycles. The zero-order chi connectivity index (χ0) is 17.0. The van der Waals surface area contributed by atoms with Gasteiger partial charge in [0.1, 0.15) is 12.0 Å². The number of hydrogen-bond acceptors (Lipinski definition) is 6. The first-order chi connectivity index (χ1) is 11.5. The van der Waals surface area contributed by atoms with Gasteiger partial charge in [-0.1, -0.05) is 12.1 Å². The molecule has 0 bridgehead atoms. The standard InChI is InChI=1S/C16H21N3O4S/c1-13-18-16(12-23-13)14-2-4-15(5-3-14)24(20,21)17-6-7-19-8-10-22-11-9-19/h2-5,12,17H,6-11H2,1H3. The molecule has 1 aliphatic rings. The quantitative estimate of drug-likeness (QED) is 0.843. The Morgan fingerprint density at radius 3 is 2.54 bits per heavy atom. The fourth-order valence-corrected chi connectivity index (χ4v) is 3.57. The van der Waals surface area contributed by atoms with Gasteiger partial charge in [0.15, 0.2) is 5.89 Å². The zero-order valence-electron chi connectivity index (χ0n) is 13.6. The molecule has 2 heterocycles. The topological polar surface area (TPSA) is 84.7 Å². The normalized spacial score (nSPS) is 16.4. The van der Waals surface area contributed by atoms with E-state index in [1.165, 1.54) is 0 Å². The Hall–Kier alpha value is -1.74. The summed E-state index contributed by atoms with van der Waals surface area (Å²) in [6, 6.07) is 6.62. The smallest absolute Gasteiger partial charge is 0.240 e. The number of nitrogens with zero attached hydrogens (tertiary/aromatic N) is 2. The minimum Gasteiger partial charge on any atom is -0.449 e. The van der Waals surface area contributed by atoms with Crippen LogP contribution in [0.25, 0.3) is 11.3 Å². The predicted molar refractivity (Wildman–Crippen MR) is 89.1 cm³/mol. The van der Waals surface area contributed by atoms with Crippen LogP contribution in [0.15, 0.2) is 39.8 Å². The fraction of sp³-hybridized carbons (Fsp3) is 0.438. The summed E-state index contributed by atoms with van der Waals surface area (Å²) < 4.78 is 37.8. The van der Waals surface area contributed by atoms with E-state index in [0.717, 1.165) is 18.7 Å². The summed E-state index contributed by atoms with van der Waals surface area (Å²) in [7, 11) is -3.51. The number of hydrogen-bond donors (Lipinski definition) is 1. The molecule has 0 spiro atoms. The van der Waals surface area contributed by atoms with Gasteiger partial charge in [-0.05, 0) is 12.1 Å². The molecule has 8 heteroatoms. The average molecular weight is 351 g/mol. The molecule has 0 radical (unpaired) electrons. The van der Waals surface area contributed by atoms with Crippen LogP contribution in [-0.4, -0.2) is 57.7 Å². The molecule has 0 unspecified atom stereocenters. The SMILES string of the molecule is Cc1nc(-c2ccc(S(=O)(=O)NCCN3CCOCC3)cc2)co1. The van der Waals surface area contributed by atoms with Crippen molar-refractivity contribution >= 4 is 10.0 Å². The first-order valence-electron chi connectivity index (χ1n) is 7.87. The maximum atomic E-state index is 12.3. The van der Waals surface area contributed by atoms with Crippen molar-refractivity contribution in [2.24, 2.45) is 0 Å². The molecule has 0 aliphatic carbocycles. The lowest BCUT2D eigenvalue weighted by molar-refractivity contribution is 0.0390. The highest BCUT2D eigenvalue weighted by atomic mass is 32.2. The highest BCUT2D eigenvalue weighted by Gasteiger charge is 2.16. The van der Waals surface area contributed by atoms with Crippen LogP contribution >= 0.6 is 0 Å². The summed E-state index contributed by atoms with van der Waals surface area (Å²) in [6.07, 6.45) is 1.55. The molecular weight excluding hydrogens is 330 g/mol. The molecule has 0 saturated carbocycles. The van der Waals surface area contributed by atoms with Crippen LogP contribution in [0.4, 0.5) is 0 Å². The first kappa shape index (κ1) is 17.1. The Labute approximate surface area is 141 Å². The van der Waals surface area contributed by atoms with Gasteiger partial charge in [0, 0.05) is 38.7 Å². The Balaban J connectivity index is 1.59. The van der Waals surface area contributed by atoms with Crippen molar-refractivity contribution in [3.8, 4) is 11.3 Å². The number of rotatable bonds is 6. The summed E-state index contributed by atoms with van der Waals surface area (Å²) in [6.45, 7) is 5.92. The van der Waals surface area contributed by atoms with Crippen molar-refractivity contribution in [2.45, 2.75) is 11.8 Å². The molecule has 2 aromatic rings.